The van der Waals surface area contributed by atoms with Gasteiger partial charge in [0.15, 0.2) is 0 Å². The van der Waals surface area contributed by atoms with Crippen molar-refractivity contribution in [3.05, 3.63) is 45.9 Å². The van der Waals surface area contributed by atoms with Gasteiger partial charge in [-0.1, -0.05) is 23.2 Å². The van der Waals surface area contributed by atoms with Gasteiger partial charge >= 0.3 is 22.2 Å². The second-order valence-electron chi connectivity index (χ2n) is 7.25. The number of ether oxygens (including phenoxy) is 2. The molecule has 0 aliphatic heterocycles. The maximum Gasteiger partial charge on any atom is 0.333 e. The van der Waals surface area contributed by atoms with Crippen molar-refractivity contribution in [2.75, 3.05) is 37.1 Å². The van der Waals surface area contributed by atoms with Crippen LogP contribution in [-0.4, -0.2) is 52.5 Å². The lowest BCUT2D eigenvalue weighted by atomic mass is 10.1. The molecule has 0 heterocycles. The molecule has 36 heavy (non-hydrogen) atoms. The number of azo groups is 1. The van der Waals surface area contributed by atoms with E-state index in [0.717, 1.165) is 23.4 Å². The van der Waals surface area contributed by atoms with Gasteiger partial charge in [-0.2, -0.15) is 13.5 Å². The Labute approximate surface area is 223 Å². The van der Waals surface area contributed by atoms with Crippen LogP contribution in [0.3, 0.4) is 0 Å². The van der Waals surface area contributed by atoms with Crippen LogP contribution in [0.2, 0.25) is 10.0 Å². The minimum absolute atomic E-state index is 0.0477. The van der Waals surface area contributed by atoms with Gasteiger partial charge in [-0.15, -0.1) is 20.6 Å². The monoisotopic (exact) mass is 581 g/mol. The summed E-state index contributed by atoms with van der Waals surface area (Å²) >= 11 is 17.1. The van der Waals surface area contributed by atoms with E-state index >= 15 is 0 Å². The summed E-state index contributed by atoms with van der Waals surface area (Å²) in [6.45, 7) is 4.67. The summed E-state index contributed by atoms with van der Waals surface area (Å²) in [6.07, 6.45) is 0.127. The molecule has 0 aromatic heterocycles. The van der Waals surface area contributed by atoms with E-state index in [1.807, 2.05) is 24.8 Å². The lowest BCUT2D eigenvalue weighted by Crippen LogP contribution is -2.26. The number of carbonyl (C=O) groups is 2. The lowest BCUT2D eigenvalue weighted by Gasteiger charge is -2.23. The topological polar surface area (TPSA) is 115 Å². The molecule has 9 nitrogen and oxygen atoms in total. The highest BCUT2D eigenvalue weighted by Crippen LogP contribution is 2.36. The van der Waals surface area contributed by atoms with Crippen molar-refractivity contribution < 1.29 is 31.4 Å². The Morgan fingerprint density at radius 3 is 2.22 bits per heavy atom. The van der Waals surface area contributed by atoms with Gasteiger partial charge < -0.3 is 14.4 Å². The molecule has 0 atom stereocenters. The minimum atomic E-state index is -5.03. The molecule has 0 N–H and O–H groups in total. The zero-order valence-corrected chi connectivity index (χ0v) is 22.4. The highest BCUT2D eigenvalue weighted by atomic mass is 35.5. The van der Waals surface area contributed by atoms with Gasteiger partial charge in [0.05, 0.1) is 22.2 Å². The number of rotatable bonds is 12. The fourth-order valence-corrected chi connectivity index (χ4v) is 4.28. The van der Waals surface area contributed by atoms with E-state index in [2.05, 4.69) is 10.2 Å². The predicted octanol–water partition coefficient (Wildman–Crippen LogP) is 5.92. The van der Waals surface area contributed by atoms with E-state index in [-0.39, 0.29) is 41.2 Å². The van der Waals surface area contributed by atoms with Gasteiger partial charge in [0, 0.05) is 18.8 Å². The van der Waals surface area contributed by atoms with Crippen molar-refractivity contribution in [1.82, 2.24) is 0 Å². The van der Waals surface area contributed by atoms with Crippen LogP contribution >= 0.6 is 34.8 Å². The number of hydrogen-bond donors (Lipinski definition) is 0. The van der Waals surface area contributed by atoms with Crippen molar-refractivity contribution in [2.45, 2.75) is 25.2 Å². The van der Waals surface area contributed by atoms with E-state index in [1.165, 1.54) is 0 Å². The van der Waals surface area contributed by atoms with Crippen molar-refractivity contribution in [3.63, 3.8) is 0 Å². The van der Waals surface area contributed by atoms with Gasteiger partial charge in [-0.3, -0.25) is 9.59 Å². The Kier molecular flexibility index (Phi) is 11.4. The number of anilines is 1. The Morgan fingerprint density at radius 2 is 1.64 bits per heavy atom. The Balaban J connectivity index is 2.03. The van der Waals surface area contributed by atoms with Gasteiger partial charge in [-0.25, -0.2) is 0 Å². The molecule has 14 heteroatoms. The molecular weight excluding hydrogens is 560 g/mol. The molecule has 0 bridgehead atoms. The van der Waals surface area contributed by atoms with Crippen LogP contribution in [0.15, 0.2) is 45.5 Å². The van der Waals surface area contributed by atoms with E-state index < -0.39 is 27.1 Å². The van der Waals surface area contributed by atoms with Crippen LogP contribution in [0, 0.1) is 6.92 Å². The summed E-state index contributed by atoms with van der Waals surface area (Å²) in [5.41, 5.74) is 2.19. The van der Waals surface area contributed by atoms with Crippen LogP contribution in [-0.2, 0) is 29.3 Å². The standard InChI is InChI=1S/C22H23Cl3FN3O6S/c1-3-29(7-6-21(30)34-8-9-35-22(31)13-23)15-4-5-18(14(2)10-15)27-28-19-11-17(25)20(12-16(19)24)36(26,32)33/h4-5,10-12H,3,6-9,13H2,1-2H3/b28-27+. The average molecular weight is 583 g/mol. The molecule has 0 aliphatic rings. The smallest absolute Gasteiger partial charge is 0.333 e. The fraction of sp³-hybridized carbons (Fsp3) is 0.364. The first-order valence-corrected chi connectivity index (χ1v) is 13.2. The largest absolute Gasteiger partial charge is 0.462 e. The average Bonchev–Trinajstić information content (AvgIpc) is 2.82. The first-order chi connectivity index (χ1) is 17.0. The molecule has 0 saturated heterocycles. The van der Waals surface area contributed by atoms with Crippen LogP contribution in [0.5, 0.6) is 0 Å². The summed E-state index contributed by atoms with van der Waals surface area (Å²) in [4.78, 5) is 24.1. The first kappa shape index (κ1) is 29.8. The molecule has 0 aliphatic carbocycles. The third-order valence-electron chi connectivity index (χ3n) is 4.76. The Bertz CT molecular complexity index is 1240. The maximum absolute atomic E-state index is 13.3. The maximum atomic E-state index is 13.3. The molecule has 2 aromatic rings. The van der Waals surface area contributed by atoms with Gasteiger partial charge in [0.25, 0.3) is 0 Å². The Hall–Kier alpha value is -2.47. The van der Waals surface area contributed by atoms with Crippen molar-refractivity contribution >= 4 is 74.0 Å². The molecule has 0 radical (unpaired) electrons. The normalized spacial score (nSPS) is 11.5. The molecule has 2 rings (SSSR count). The molecule has 0 spiro atoms. The lowest BCUT2D eigenvalue weighted by molar-refractivity contribution is -0.150. The SMILES string of the molecule is CCN(CCC(=O)OCCOC(=O)CCl)c1ccc(/N=N/c2cc(Cl)c(S(=O)(=O)F)cc2Cl)c(C)c1. The number of benzene rings is 2. The second kappa shape index (κ2) is 13.7. The summed E-state index contributed by atoms with van der Waals surface area (Å²) < 4.78 is 45.3. The zero-order chi connectivity index (χ0) is 26.9. The third kappa shape index (κ3) is 8.88. The zero-order valence-electron chi connectivity index (χ0n) is 19.3. The van der Waals surface area contributed by atoms with Crippen LogP contribution in [0.25, 0.3) is 0 Å². The number of esters is 2. The van der Waals surface area contributed by atoms with Crippen LogP contribution in [0.1, 0.15) is 18.9 Å². The second-order valence-corrected chi connectivity index (χ2v) is 9.64. The molecule has 0 fully saturated rings. The van der Waals surface area contributed by atoms with Crippen LogP contribution < -0.4 is 4.90 Å². The number of carbonyl (C=O) groups excluding carboxylic acids is 2. The number of nitrogens with zero attached hydrogens (tertiary/aromatic N) is 3. The fourth-order valence-electron chi connectivity index (χ4n) is 2.96. The van der Waals surface area contributed by atoms with Crippen molar-refractivity contribution in [2.24, 2.45) is 10.2 Å². The third-order valence-corrected chi connectivity index (χ3v) is 6.57. The van der Waals surface area contributed by atoms with Gasteiger partial charge in [-0.05, 0) is 49.7 Å². The number of aryl methyl sites for hydroxylation is 1. The van der Waals surface area contributed by atoms with E-state index in [4.69, 9.17) is 44.3 Å². The number of alkyl halides is 1. The molecular formula is C22H23Cl3FN3O6S. The van der Waals surface area contributed by atoms with E-state index in [9.17, 15) is 21.9 Å². The highest BCUT2D eigenvalue weighted by Gasteiger charge is 2.19. The highest BCUT2D eigenvalue weighted by molar-refractivity contribution is 7.86. The molecule has 0 unspecified atom stereocenters. The van der Waals surface area contributed by atoms with Crippen molar-refractivity contribution in [3.8, 4) is 0 Å². The first-order valence-electron chi connectivity index (χ1n) is 10.5. The summed E-state index contributed by atoms with van der Waals surface area (Å²) in [7, 11) is -5.03. The van der Waals surface area contributed by atoms with Gasteiger partial charge in [0.2, 0.25) is 0 Å². The molecule has 0 amide bonds. The summed E-state index contributed by atoms with van der Waals surface area (Å²) in [6, 6.07) is 7.37. The van der Waals surface area contributed by atoms with E-state index in [0.29, 0.717) is 18.8 Å². The molecule has 196 valence electrons. The number of halogens is 4. The molecule has 2 aromatic carbocycles. The quantitative estimate of drug-likeness (QED) is 0.100. The van der Waals surface area contributed by atoms with Gasteiger partial charge in [0.1, 0.15) is 29.7 Å². The Morgan fingerprint density at radius 1 is 1.00 bits per heavy atom. The predicted molar refractivity (Wildman–Crippen MR) is 135 cm³/mol. The molecule has 0 saturated carbocycles. The minimum Gasteiger partial charge on any atom is -0.462 e. The summed E-state index contributed by atoms with van der Waals surface area (Å²) in [5.74, 6) is -1.28. The van der Waals surface area contributed by atoms with Crippen LogP contribution in [0.4, 0.5) is 20.9 Å². The summed E-state index contributed by atoms with van der Waals surface area (Å²) in [5, 5.41) is 7.64. The van der Waals surface area contributed by atoms with Crippen molar-refractivity contribution in [1.29, 1.82) is 0 Å². The van der Waals surface area contributed by atoms with E-state index in [1.54, 1.807) is 12.1 Å². The number of hydrogen-bond acceptors (Lipinski definition) is 9.